The predicted molar refractivity (Wildman–Crippen MR) is 69.4 cm³/mol. The molecule has 0 saturated carbocycles. The van der Waals surface area contributed by atoms with Crippen LogP contribution in [0.2, 0.25) is 0 Å². The number of nitrogens with two attached hydrogens (primary N) is 1. The molecular weight excluding hydrogens is 228 g/mol. The summed E-state index contributed by atoms with van der Waals surface area (Å²) in [4.78, 5) is 11.5. The highest BCUT2D eigenvalue weighted by molar-refractivity contribution is 8.06. The molecular formula is C10H18N2OS2. The Balaban J connectivity index is 2.17. The molecule has 1 fully saturated rings. The highest BCUT2D eigenvalue weighted by Crippen LogP contribution is 2.23. The predicted octanol–water partition coefficient (Wildman–Crippen LogP) is 0.855. The van der Waals surface area contributed by atoms with E-state index in [1.807, 2.05) is 23.5 Å². The van der Waals surface area contributed by atoms with Gasteiger partial charge < -0.3 is 11.1 Å². The summed E-state index contributed by atoms with van der Waals surface area (Å²) in [5.41, 5.74) is 5.65. The van der Waals surface area contributed by atoms with Gasteiger partial charge in [0.1, 0.15) is 0 Å². The Morgan fingerprint density at radius 2 is 2.47 bits per heavy atom. The SMILES string of the molecule is C=CCC(N)C(=O)NCC1CSCCS1. The average Bonchev–Trinajstić information content (AvgIpc) is 2.27. The van der Waals surface area contributed by atoms with Crippen molar-refractivity contribution in [3.8, 4) is 0 Å². The van der Waals surface area contributed by atoms with E-state index in [2.05, 4.69) is 11.9 Å². The lowest BCUT2D eigenvalue weighted by atomic mass is 10.2. The molecule has 1 aliphatic rings. The Hall–Kier alpha value is -0.130. The van der Waals surface area contributed by atoms with Gasteiger partial charge >= 0.3 is 0 Å². The quantitative estimate of drug-likeness (QED) is 0.706. The van der Waals surface area contributed by atoms with Crippen molar-refractivity contribution < 1.29 is 4.79 Å². The van der Waals surface area contributed by atoms with Crippen molar-refractivity contribution in [1.82, 2.24) is 5.32 Å². The zero-order chi connectivity index (χ0) is 11.1. The number of carbonyl (C=O) groups is 1. The van der Waals surface area contributed by atoms with Crippen LogP contribution in [0.4, 0.5) is 0 Å². The van der Waals surface area contributed by atoms with E-state index >= 15 is 0 Å². The molecule has 15 heavy (non-hydrogen) atoms. The van der Waals surface area contributed by atoms with Gasteiger partial charge in [0.15, 0.2) is 0 Å². The fourth-order valence-electron chi connectivity index (χ4n) is 1.29. The van der Waals surface area contributed by atoms with Gasteiger partial charge in [-0.05, 0) is 6.42 Å². The minimum absolute atomic E-state index is 0.0638. The third-order valence-electron chi connectivity index (χ3n) is 2.15. The standard InChI is InChI=1S/C10H18N2OS2/c1-2-3-9(11)10(13)12-6-8-7-14-4-5-15-8/h2,8-9H,1,3-7,11H2,(H,12,13). The van der Waals surface area contributed by atoms with Crippen molar-refractivity contribution in [3.05, 3.63) is 12.7 Å². The molecule has 2 atom stereocenters. The molecule has 0 aromatic rings. The summed E-state index contributed by atoms with van der Waals surface area (Å²) in [6, 6.07) is -0.441. The van der Waals surface area contributed by atoms with E-state index in [-0.39, 0.29) is 5.91 Å². The van der Waals surface area contributed by atoms with E-state index in [1.54, 1.807) is 6.08 Å². The maximum absolute atomic E-state index is 11.5. The molecule has 5 heteroatoms. The summed E-state index contributed by atoms with van der Waals surface area (Å²) < 4.78 is 0. The third-order valence-corrected chi connectivity index (χ3v) is 4.99. The van der Waals surface area contributed by atoms with Gasteiger partial charge in [0.05, 0.1) is 6.04 Å². The van der Waals surface area contributed by atoms with Crippen molar-refractivity contribution in [2.24, 2.45) is 5.73 Å². The number of carbonyl (C=O) groups excluding carboxylic acids is 1. The van der Waals surface area contributed by atoms with Gasteiger partial charge in [-0.1, -0.05) is 6.08 Å². The Labute approximate surface area is 99.6 Å². The zero-order valence-corrected chi connectivity index (χ0v) is 10.4. The maximum atomic E-state index is 11.5. The molecule has 1 amide bonds. The summed E-state index contributed by atoms with van der Waals surface area (Å²) >= 11 is 3.89. The number of amides is 1. The lowest BCUT2D eigenvalue weighted by molar-refractivity contribution is -0.122. The highest BCUT2D eigenvalue weighted by atomic mass is 32.2. The van der Waals surface area contributed by atoms with Crippen molar-refractivity contribution >= 4 is 29.4 Å². The van der Waals surface area contributed by atoms with E-state index in [0.29, 0.717) is 11.7 Å². The molecule has 0 aliphatic carbocycles. The van der Waals surface area contributed by atoms with Gasteiger partial charge in [0.25, 0.3) is 0 Å². The molecule has 0 aromatic carbocycles. The van der Waals surface area contributed by atoms with Gasteiger partial charge in [0.2, 0.25) is 5.91 Å². The van der Waals surface area contributed by atoms with Crippen LogP contribution in [0, 0.1) is 0 Å². The van der Waals surface area contributed by atoms with E-state index in [4.69, 9.17) is 5.73 Å². The lowest BCUT2D eigenvalue weighted by Crippen LogP contribution is -2.43. The summed E-state index contributed by atoms with van der Waals surface area (Å²) in [5.74, 6) is 3.47. The first kappa shape index (κ1) is 12.9. The molecule has 2 unspecified atom stereocenters. The fourth-order valence-corrected chi connectivity index (χ4v) is 3.90. The molecule has 1 saturated heterocycles. The third kappa shape index (κ3) is 4.95. The van der Waals surface area contributed by atoms with Gasteiger partial charge in [-0.2, -0.15) is 23.5 Å². The maximum Gasteiger partial charge on any atom is 0.237 e. The average molecular weight is 246 g/mol. The lowest BCUT2D eigenvalue weighted by Gasteiger charge is -2.21. The molecule has 3 N–H and O–H groups in total. The van der Waals surface area contributed by atoms with E-state index in [0.717, 1.165) is 12.3 Å². The second kappa shape index (κ2) is 7.19. The summed E-state index contributed by atoms with van der Waals surface area (Å²) in [5, 5.41) is 3.44. The van der Waals surface area contributed by atoms with Crippen molar-refractivity contribution in [1.29, 1.82) is 0 Å². The molecule has 1 rings (SSSR count). The molecule has 1 aliphatic heterocycles. The minimum Gasteiger partial charge on any atom is -0.354 e. The Kier molecular flexibility index (Phi) is 6.20. The fraction of sp³-hybridized carbons (Fsp3) is 0.700. The number of hydrogen-bond donors (Lipinski definition) is 2. The topological polar surface area (TPSA) is 55.1 Å². The van der Waals surface area contributed by atoms with E-state index < -0.39 is 6.04 Å². The van der Waals surface area contributed by atoms with Crippen LogP contribution in [-0.4, -0.2) is 41.0 Å². The van der Waals surface area contributed by atoms with Crippen LogP contribution in [0.3, 0.4) is 0 Å². The van der Waals surface area contributed by atoms with Crippen molar-refractivity contribution in [2.45, 2.75) is 17.7 Å². The normalized spacial score (nSPS) is 23.1. The Morgan fingerprint density at radius 1 is 1.67 bits per heavy atom. The molecule has 0 aromatic heterocycles. The minimum atomic E-state index is -0.441. The first-order chi connectivity index (χ1) is 7.24. The summed E-state index contributed by atoms with van der Waals surface area (Å²) in [7, 11) is 0. The van der Waals surface area contributed by atoms with Crippen LogP contribution in [0.25, 0.3) is 0 Å². The van der Waals surface area contributed by atoms with Crippen molar-refractivity contribution in [2.75, 3.05) is 23.8 Å². The first-order valence-electron chi connectivity index (χ1n) is 5.07. The van der Waals surface area contributed by atoms with Crippen LogP contribution in [-0.2, 0) is 4.79 Å². The summed E-state index contributed by atoms with van der Waals surface area (Å²) in [6.07, 6.45) is 2.22. The Bertz CT molecular complexity index is 217. The molecule has 86 valence electrons. The van der Waals surface area contributed by atoms with Gasteiger partial charge in [-0.3, -0.25) is 4.79 Å². The molecule has 0 bridgehead atoms. The zero-order valence-electron chi connectivity index (χ0n) is 8.78. The number of hydrogen-bond acceptors (Lipinski definition) is 4. The van der Waals surface area contributed by atoms with E-state index in [1.165, 1.54) is 11.5 Å². The van der Waals surface area contributed by atoms with Crippen molar-refractivity contribution in [3.63, 3.8) is 0 Å². The second-order valence-electron chi connectivity index (χ2n) is 3.44. The van der Waals surface area contributed by atoms with E-state index in [9.17, 15) is 4.79 Å². The first-order valence-corrected chi connectivity index (χ1v) is 7.28. The molecule has 3 nitrogen and oxygen atoms in total. The van der Waals surface area contributed by atoms with Gasteiger partial charge in [-0.15, -0.1) is 6.58 Å². The second-order valence-corrected chi connectivity index (χ2v) is 6.00. The number of rotatable bonds is 5. The van der Waals surface area contributed by atoms with Crippen LogP contribution in [0.5, 0.6) is 0 Å². The smallest absolute Gasteiger partial charge is 0.237 e. The number of thioether (sulfide) groups is 2. The monoisotopic (exact) mass is 246 g/mol. The number of nitrogens with one attached hydrogen (secondary N) is 1. The largest absolute Gasteiger partial charge is 0.354 e. The summed E-state index contributed by atoms with van der Waals surface area (Å²) in [6.45, 7) is 4.30. The molecule has 0 radical (unpaired) electrons. The van der Waals surface area contributed by atoms with Crippen LogP contribution < -0.4 is 11.1 Å². The van der Waals surface area contributed by atoms with Crippen LogP contribution in [0.15, 0.2) is 12.7 Å². The van der Waals surface area contributed by atoms with Crippen LogP contribution >= 0.6 is 23.5 Å². The van der Waals surface area contributed by atoms with Crippen LogP contribution in [0.1, 0.15) is 6.42 Å². The Morgan fingerprint density at radius 3 is 3.07 bits per heavy atom. The highest BCUT2D eigenvalue weighted by Gasteiger charge is 2.17. The van der Waals surface area contributed by atoms with Gasteiger partial charge in [0, 0.05) is 29.1 Å². The van der Waals surface area contributed by atoms with Gasteiger partial charge in [-0.25, -0.2) is 0 Å². The molecule has 0 spiro atoms. The molecule has 1 heterocycles.